The predicted octanol–water partition coefficient (Wildman–Crippen LogP) is 2.13. The number of piperidine rings is 1. The Hall–Kier alpha value is -0.980. The van der Waals surface area contributed by atoms with Crippen LogP contribution in [-0.4, -0.2) is 30.9 Å². The van der Waals surface area contributed by atoms with Crippen molar-refractivity contribution in [3.63, 3.8) is 0 Å². The Morgan fingerprint density at radius 2 is 2.00 bits per heavy atom. The fourth-order valence-electron chi connectivity index (χ4n) is 2.55. The van der Waals surface area contributed by atoms with E-state index in [2.05, 4.69) is 6.92 Å². The fraction of sp³-hybridized carbons (Fsp3) is 0.571. The molecule has 20 heavy (non-hydrogen) atoms. The number of aliphatic hydroxyl groups excluding tert-OH is 1. The molecular formula is C14H20FNO3S. The molecule has 1 aliphatic heterocycles. The van der Waals surface area contributed by atoms with Crippen LogP contribution < -0.4 is 0 Å². The van der Waals surface area contributed by atoms with E-state index in [-0.39, 0.29) is 11.5 Å². The largest absolute Gasteiger partial charge is 0.392 e. The number of hydrogen-bond donors (Lipinski definition) is 1. The Labute approximate surface area is 119 Å². The molecule has 0 bridgehead atoms. The van der Waals surface area contributed by atoms with E-state index in [0.29, 0.717) is 24.6 Å². The van der Waals surface area contributed by atoms with E-state index < -0.39 is 15.8 Å². The first kappa shape index (κ1) is 15.4. The van der Waals surface area contributed by atoms with Crippen molar-refractivity contribution in [3.8, 4) is 0 Å². The molecule has 6 heteroatoms. The van der Waals surface area contributed by atoms with Crippen molar-refractivity contribution in [2.45, 2.75) is 37.7 Å². The Kier molecular flexibility index (Phi) is 4.78. The van der Waals surface area contributed by atoms with Gasteiger partial charge in [-0.2, -0.15) is 4.31 Å². The Bertz CT molecular complexity index is 566. The number of aliphatic hydroxyl groups is 1. The summed E-state index contributed by atoms with van der Waals surface area (Å²) in [6.45, 7) is 2.69. The van der Waals surface area contributed by atoms with Crippen molar-refractivity contribution in [2.24, 2.45) is 5.92 Å². The van der Waals surface area contributed by atoms with E-state index in [1.165, 1.54) is 16.4 Å². The molecule has 112 valence electrons. The number of benzene rings is 1. The third-order valence-electron chi connectivity index (χ3n) is 3.95. The molecule has 1 aromatic carbocycles. The third-order valence-corrected chi connectivity index (χ3v) is 5.88. The van der Waals surface area contributed by atoms with Gasteiger partial charge in [0.05, 0.1) is 6.61 Å². The molecule has 1 fully saturated rings. The lowest BCUT2D eigenvalue weighted by molar-refractivity contribution is 0.268. The average molecular weight is 301 g/mol. The second-order valence-corrected chi connectivity index (χ2v) is 7.08. The van der Waals surface area contributed by atoms with Crippen molar-refractivity contribution < 1.29 is 17.9 Å². The number of halogens is 1. The molecule has 0 spiro atoms. The first-order valence-electron chi connectivity index (χ1n) is 6.88. The normalized spacial score (nSPS) is 18.4. The van der Waals surface area contributed by atoms with Crippen LogP contribution in [0.4, 0.5) is 4.39 Å². The van der Waals surface area contributed by atoms with Gasteiger partial charge in [-0.3, -0.25) is 0 Å². The van der Waals surface area contributed by atoms with Gasteiger partial charge in [-0.25, -0.2) is 12.8 Å². The van der Waals surface area contributed by atoms with Crippen LogP contribution in [0, 0.1) is 11.7 Å². The Morgan fingerprint density at radius 3 is 2.50 bits per heavy atom. The smallest absolute Gasteiger partial charge is 0.245 e. The van der Waals surface area contributed by atoms with E-state index in [1.807, 2.05) is 0 Å². The lowest BCUT2D eigenvalue weighted by Gasteiger charge is -2.30. The molecular weight excluding hydrogens is 281 g/mol. The zero-order valence-electron chi connectivity index (χ0n) is 11.5. The quantitative estimate of drug-likeness (QED) is 0.927. The molecule has 0 aromatic heterocycles. The minimum atomic E-state index is -3.77. The molecule has 0 aliphatic carbocycles. The van der Waals surface area contributed by atoms with Crippen molar-refractivity contribution in [3.05, 3.63) is 29.6 Å². The van der Waals surface area contributed by atoms with E-state index in [4.69, 9.17) is 5.11 Å². The molecule has 1 saturated heterocycles. The van der Waals surface area contributed by atoms with Gasteiger partial charge in [0.25, 0.3) is 0 Å². The van der Waals surface area contributed by atoms with Gasteiger partial charge in [-0.05, 0) is 36.5 Å². The van der Waals surface area contributed by atoms with Crippen LogP contribution in [0.25, 0.3) is 0 Å². The summed E-state index contributed by atoms with van der Waals surface area (Å²) < 4.78 is 40.1. The highest BCUT2D eigenvalue weighted by atomic mass is 32.2. The van der Waals surface area contributed by atoms with Crippen molar-refractivity contribution >= 4 is 10.0 Å². The summed E-state index contributed by atoms with van der Waals surface area (Å²) in [5, 5.41) is 8.93. The summed E-state index contributed by atoms with van der Waals surface area (Å²) in [6, 6.07) is 3.75. The lowest BCUT2D eigenvalue weighted by Crippen LogP contribution is -2.38. The van der Waals surface area contributed by atoms with E-state index >= 15 is 0 Å². The molecule has 1 N–H and O–H groups in total. The maximum absolute atomic E-state index is 13.9. The third kappa shape index (κ3) is 3.02. The highest BCUT2D eigenvalue weighted by molar-refractivity contribution is 7.89. The predicted molar refractivity (Wildman–Crippen MR) is 74.1 cm³/mol. The summed E-state index contributed by atoms with van der Waals surface area (Å²) in [7, 11) is -3.77. The van der Waals surface area contributed by atoms with E-state index in [0.717, 1.165) is 25.3 Å². The maximum atomic E-state index is 13.9. The zero-order valence-corrected chi connectivity index (χ0v) is 12.4. The minimum absolute atomic E-state index is 0.301. The van der Waals surface area contributed by atoms with Gasteiger partial charge in [0.15, 0.2) is 0 Å². The highest BCUT2D eigenvalue weighted by Gasteiger charge is 2.30. The molecule has 1 aliphatic rings. The number of hydrogen-bond acceptors (Lipinski definition) is 3. The van der Waals surface area contributed by atoms with Gasteiger partial charge in [0.2, 0.25) is 10.0 Å². The molecule has 0 unspecified atom stereocenters. The molecule has 0 atom stereocenters. The minimum Gasteiger partial charge on any atom is -0.392 e. The van der Waals surface area contributed by atoms with Gasteiger partial charge in [0, 0.05) is 13.1 Å². The molecule has 0 radical (unpaired) electrons. The monoisotopic (exact) mass is 301 g/mol. The summed E-state index contributed by atoms with van der Waals surface area (Å²) in [5.41, 5.74) is 0.367. The zero-order chi connectivity index (χ0) is 14.8. The van der Waals surface area contributed by atoms with Gasteiger partial charge in [0.1, 0.15) is 10.7 Å². The number of nitrogens with zero attached hydrogens (tertiary/aromatic N) is 1. The molecule has 0 saturated carbocycles. The number of sulfonamides is 1. The summed E-state index contributed by atoms with van der Waals surface area (Å²) >= 11 is 0. The molecule has 4 nitrogen and oxygen atoms in total. The van der Waals surface area contributed by atoms with Crippen LogP contribution in [0.3, 0.4) is 0 Å². The average Bonchev–Trinajstić information content (AvgIpc) is 2.46. The van der Waals surface area contributed by atoms with E-state index in [1.54, 1.807) is 0 Å². The van der Waals surface area contributed by atoms with Gasteiger partial charge < -0.3 is 5.11 Å². The van der Waals surface area contributed by atoms with Crippen LogP contribution in [0.15, 0.2) is 23.1 Å². The van der Waals surface area contributed by atoms with Crippen LogP contribution >= 0.6 is 0 Å². The van der Waals surface area contributed by atoms with Crippen LogP contribution in [0.2, 0.25) is 0 Å². The van der Waals surface area contributed by atoms with Gasteiger partial charge >= 0.3 is 0 Å². The van der Waals surface area contributed by atoms with Crippen LogP contribution in [-0.2, 0) is 16.6 Å². The molecule has 1 aromatic rings. The van der Waals surface area contributed by atoms with Crippen molar-refractivity contribution in [1.82, 2.24) is 4.31 Å². The second kappa shape index (κ2) is 6.20. The topological polar surface area (TPSA) is 57.6 Å². The fourth-order valence-corrected chi connectivity index (χ4v) is 4.06. The van der Waals surface area contributed by atoms with Crippen LogP contribution in [0.1, 0.15) is 31.7 Å². The molecule has 2 rings (SSSR count). The first-order valence-corrected chi connectivity index (χ1v) is 8.32. The highest BCUT2D eigenvalue weighted by Crippen LogP contribution is 2.27. The van der Waals surface area contributed by atoms with Crippen molar-refractivity contribution in [2.75, 3.05) is 13.1 Å². The van der Waals surface area contributed by atoms with Crippen LogP contribution in [0.5, 0.6) is 0 Å². The van der Waals surface area contributed by atoms with E-state index in [9.17, 15) is 12.8 Å². The number of rotatable bonds is 4. The summed E-state index contributed by atoms with van der Waals surface area (Å²) in [5.74, 6) is -0.239. The maximum Gasteiger partial charge on any atom is 0.245 e. The second-order valence-electron chi connectivity index (χ2n) is 5.18. The van der Waals surface area contributed by atoms with Crippen molar-refractivity contribution in [1.29, 1.82) is 0 Å². The Morgan fingerprint density at radius 1 is 1.35 bits per heavy atom. The summed E-state index contributed by atoms with van der Waals surface area (Å²) in [4.78, 5) is -0.301. The lowest BCUT2D eigenvalue weighted by atomic mass is 9.96. The summed E-state index contributed by atoms with van der Waals surface area (Å²) in [6.07, 6.45) is 2.70. The Balaban J connectivity index is 2.23. The SMILES string of the molecule is CCC1CCN(S(=O)(=O)c2ccc(CO)cc2F)CC1. The first-order chi connectivity index (χ1) is 9.48. The molecule has 0 amide bonds. The standard InChI is InChI=1S/C14H20FNO3S/c1-2-11-5-7-16(8-6-11)20(18,19)14-4-3-12(10-17)9-13(14)15/h3-4,9,11,17H,2,5-8,10H2,1H3. The van der Waals surface area contributed by atoms with Gasteiger partial charge in [-0.15, -0.1) is 0 Å². The van der Waals surface area contributed by atoms with Gasteiger partial charge in [-0.1, -0.05) is 19.4 Å². The molecule has 1 heterocycles.